The van der Waals surface area contributed by atoms with Crippen LogP contribution in [0.15, 0.2) is 0 Å². The summed E-state index contributed by atoms with van der Waals surface area (Å²) in [7, 11) is 0. The van der Waals surface area contributed by atoms with Crippen molar-refractivity contribution in [1.82, 2.24) is 9.80 Å². The van der Waals surface area contributed by atoms with Crippen molar-refractivity contribution in [3.8, 4) is 0 Å². The number of imide groups is 1. The van der Waals surface area contributed by atoms with Crippen molar-refractivity contribution in [2.75, 3.05) is 19.6 Å². The largest absolute Gasteiger partial charge is 0.443 e. The highest BCUT2D eigenvalue weighted by Gasteiger charge is 2.40. The third-order valence-corrected chi connectivity index (χ3v) is 3.06. The molecule has 2 atom stereocenters. The van der Waals surface area contributed by atoms with Gasteiger partial charge in [0, 0.05) is 6.54 Å². The van der Waals surface area contributed by atoms with Crippen LogP contribution in [0.4, 0.5) is 4.79 Å². The fourth-order valence-corrected chi connectivity index (χ4v) is 2.42. The molecule has 0 aromatic rings. The number of piperazine rings is 1. The topological polar surface area (TPSA) is 49.9 Å². The van der Waals surface area contributed by atoms with Gasteiger partial charge >= 0.3 is 6.09 Å². The van der Waals surface area contributed by atoms with Gasteiger partial charge in [0.2, 0.25) is 5.91 Å². The van der Waals surface area contributed by atoms with E-state index in [0.29, 0.717) is 6.54 Å². The van der Waals surface area contributed by atoms with Gasteiger partial charge in [0.1, 0.15) is 5.60 Å². The Kier molecular flexibility index (Phi) is 3.12. The first-order chi connectivity index (χ1) is 7.87. The van der Waals surface area contributed by atoms with E-state index in [-0.39, 0.29) is 11.9 Å². The monoisotopic (exact) mass is 240 g/mol. The van der Waals surface area contributed by atoms with Gasteiger partial charge in [-0.1, -0.05) is 0 Å². The van der Waals surface area contributed by atoms with E-state index in [1.807, 2.05) is 20.8 Å². The van der Waals surface area contributed by atoms with E-state index in [0.717, 1.165) is 25.9 Å². The summed E-state index contributed by atoms with van der Waals surface area (Å²) in [5.74, 6) is -0.129. The van der Waals surface area contributed by atoms with E-state index < -0.39 is 11.7 Å². The summed E-state index contributed by atoms with van der Waals surface area (Å²) in [6, 6.07) is -0.000139. The molecule has 0 spiro atoms. The van der Waals surface area contributed by atoms with Gasteiger partial charge in [-0.15, -0.1) is 0 Å². The summed E-state index contributed by atoms with van der Waals surface area (Å²) in [4.78, 5) is 27.3. The molecule has 2 bridgehead atoms. The first kappa shape index (κ1) is 12.4. The normalized spacial score (nSPS) is 29.1. The molecule has 5 nitrogen and oxygen atoms in total. The van der Waals surface area contributed by atoms with Crippen molar-refractivity contribution in [2.24, 2.45) is 0 Å². The minimum absolute atomic E-state index is 0.000139. The van der Waals surface area contributed by atoms with E-state index in [4.69, 9.17) is 4.74 Å². The Balaban J connectivity index is 2.08. The van der Waals surface area contributed by atoms with Gasteiger partial charge in [-0.2, -0.15) is 0 Å². The summed E-state index contributed by atoms with van der Waals surface area (Å²) < 4.78 is 5.29. The van der Waals surface area contributed by atoms with E-state index >= 15 is 0 Å². The molecule has 2 saturated heterocycles. The second kappa shape index (κ2) is 4.29. The van der Waals surface area contributed by atoms with Gasteiger partial charge in [-0.25, -0.2) is 9.69 Å². The van der Waals surface area contributed by atoms with Gasteiger partial charge in [0.15, 0.2) is 0 Å². The maximum atomic E-state index is 12.0. The van der Waals surface area contributed by atoms with E-state index in [2.05, 4.69) is 4.90 Å². The third kappa shape index (κ3) is 2.77. The molecular formula is C12H20N2O3. The lowest BCUT2D eigenvalue weighted by Gasteiger charge is -2.43. The Morgan fingerprint density at radius 3 is 2.76 bits per heavy atom. The van der Waals surface area contributed by atoms with Gasteiger partial charge in [0.25, 0.3) is 0 Å². The van der Waals surface area contributed by atoms with Crippen molar-refractivity contribution in [2.45, 2.75) is 45.3 Å². The summed E-state index contributed by atoms with van der Waals surface area (Å²) in [5, 5.41) is 0. The molecule has 0 N–H and O–H groups in total. The number of piperidine rings is 1. The van der Waals surface area contributed by atoms with Crippen LogP contribution in [0.2, 0.25) is 0 Å². The number of carbonyl (C=O) groups excluding carboxylic acids is 2. The van der Waals surface area contributed by atoms with Crippen molar-refractivity contribution in [3.05, 3.63) is 0 Å². The molecule has 5 heteroatoms. The van der Waals surface area contributed by atoms with Crippen LogP contribution in [0, 0.1) is 0 Å². The smallest absolute Gasteiger partial charge is 0.417 e. The molecule has 2 fully saturated rings. The van der Waals surface area contributed by atoms with Crippen LogP contribution in [0.1, 0.15) is 33.6 Å². The molecule has 96 valence electrons. The average molecular weight is 240 g/mol. The molecule has 2 heterocycles. The van der Waals surface area contributed by atoms with Crippen LogP contribution in [0.3, 0.4) is 0 Å². The Labute approximate surface area is 102 Å². The van der Waals surface area contributed by atoms with Crippen LogP contribution in [-0.4, -0.2) is 53.1 Å². The van der Waals surface area contributed by atoms with Gasteiger partial charge in [-0.3, -0.25) is 9.69 Å². The number of amides is 2. The number of rotatable bonds is 0. The number of ether oxygens (including phenoxy) is 1. The molecule has 0 saturated carbocycles. The fourth-order valence-electron chi connectivity index (χ4n) is 2.42. The lowest BCUT2D eigenvalue weighted by molar-refractivity contribution is -0.140. The average Bonchev–Trinajstić information content (AvgIpc) is 2.13. The number of carbonyl (C=O) groups is 2. The van der Waals surface area contributed by atoms with Crippen LogP contribution < -0.4 is 0 Å². The fraction of sp³-hybridized carbons (Fsp3) is 0.833. The van der Waals surface area contributed by atoms with E-state index in [9.17, 15) is 9.59 Å². The second-order valence-electron chi connectivity index (χ2n) is 5.78. The lowest BCUT2D eigenvalue weighted by Crippen LogP contribution is -2.61. The maximum absolute atomic E-state index is 12.0. The van der Waals surface area contributed by atoms with Crippen LogP contribution in [0.5, 0.6) is 0 Å². The molecule has 2 unspecified atom stereocenters. The molecule has 17 heavy (non-hydrogen) atoms. The van der Waals surface area contributed by atoms with Crippen molar-refractivity contribution in [3.63, 3.8) is 0 Å². The first-order valence-electron chi connectivity index (χ1n) is 6.14. The summed E-state index contributed by atoms with van der Waals surface area (Å²) in [5.41, 5.74) is -0.552. The minimum atomic E-state index is -0.552. The Morgan fingerprint density at radius 2 is 2.12 bits per heavy atom. The quantitative estimate of drug-likeness (QED) is 0.639. The Morgan fingerprint density at radius 1 is 1.41 bits per heavy atom. The zero-order chi connectivity index (χ0) is 12.6. The SMILES string of the molecule is CC(C)(C)OC(=O)N1C(=O)CN2CCCC1C2. The Bertz CT molecular complexity index is 335. The van der Waals surface area contributed by atoms with Crippen molar-refractivity contribution in [1.29, 1.82) is 0 Å². The van der Waals surface area contributed by atoms with Gasteiger partial charge in [-0.05, 0) is 40.2 Å². The van der Waals surface area contributed by atoms with Crippen LogP contribution >= 0.6 is 0 Å². The first-order valence-corrected chi connectivity index (χ1v) is 6.14. The highest BCUT2D eigenvalue weighted by molar-refractivity contribution is 5.94. The predicted molar refractivity (Wildman–Crippen MR) is 62.5 cm³/mol. The molecule has 0 aromatic carbocycles. The molecule has 0 aliphatic carbocycles. The molecule has 2 rings (SSSR count). The number of fused-ring (bicyclic) bond motifs is 2. The second-order valence-corrected chi connectivity index (χ2v) is 5.78. The maximum Gasteiger partial charge on any atom is 0.417 e. The highest BCUT2D eigenvalue weighted by Crippen LogP contribution is 2.23. The minimum Gasteiger partial charge on any atom is -0.443 e. The lowest BCUT2D eigenvalue weighted by atomic mass is 10.0. The number of hydrogen-bond acceptors (Lipinski definition) is 4. The molecule has 2 aliphatic heterocycles. The molecule has 0 aromatic heterocycles. The molecular weight excluding hydrogens is 220 g/mol. The zero-order valence-corrected chi connectivity index (χ0v) is 10.7. The van der Waals surface area contributed by atoms with Gasteiger partial charge < -0.3 is 4.74 Å². The van der Waals surface area contributed by atoms with Gasteiger partial charge in [0.05, 0.1) is 12.6 Å². The third-order valence-electron chi connectivity index (χ3n) is 3.06. The van der Waals surface area contributed by atoms with Crippen molar-refractivity contribution < 1.29 is 14.3 Å². The molecule has 2 aliphatic rings. The summed E-state index contributed by atoms with van der Waals surface area (Å²) >= 11 is 0. The molecule has 2 amide bonds. The zero-order valence-electron chi connectivity index (χ0n) is 10.7. The molecule has 0 radical (unpaired) electrons. The predicted octanol–water partition coefficient (Wildman–Crippen LogP) is 1.23. The van der Waals surface area contributed by atoms with E-state index in [1.165, 1.54) is 4.90 Å². The van der Waals surface area contributed by atoms with Crippen molar-refractivity contribution >= 4 is 12.0 Å². The summed E-state index contributed by atoms with van der Waals surface area (Å²) in [6.07, 6.45) is 1.44. The Hall–Kier alpha value is -1.10. The highest BCUT2D eigenvalue weighted by atomic mass is 16.6. The summed E-state index contributed by atoms with van der Waals surface area (Å²) in [6.45, 7) is 7.54. The van der Waals surface area contributed by atoms with E-state index in [1.54, 1.807) is 0 Å². The van der Waals surface area contributed by atoms with Crippen LogP contribution in [-0.2, 0) is 9.53 Å². The standard InChI is InChI=1S/C12H20N2O3/c1-12(2,3)17-11(16)14-9-5-4-6-13(7-9)8-10(14)15/h9H,4-8H2,1-3H3. The van der Waals surface area contributed by atoms with Crippen LogP contribution in [0.25, 0.3) is 0 Å². The number of hydrogen-bond donors (Lipinski definition) is 0. The number of nitrogens with zero attached hydrogens (tertiary/aromatic N) is 2.